The molecule has 1 aliphatic rings. The van der Waals surface area contributed by atoms with Crippen LogP contribution in [-0.4, -0.2) is 21.1 Å². The van der Waals surface area contributed by atoms with Gasteiger partial charge >= 0.3 is 0 Å². The van der Waals surface area contributed by atoms with Crippen LogP contribution in [0.15, 0.2) is 5.10 Å². The molecule has 1 aliphatic heterocycles. The molecule has 0 saturated heterocycles. The molecule has 10 heavy (non-hydrogen) atoms. The molecule has 1 aromatic rings. The SMILES string of the molecule is C1=NN(c2nnns2)SN1. The first-order valence-electron chi connectivity index (χ1n) is 2.37. The highest BCUT2D eigenvalue weighted by molar-refractivity contribution is 7.99. The van der Waals surface area contributed by atoms with Gasteiger partial charge in [-0.25, -0.2) is 0 Å². The molecule has 52 valence electrons. The summed E-state index contributed by atoms with van der Waals surface area (Å²) >= 11 is 2.53. The number of rotatable bonds is 1. The molecule has 8 heteroatoms. The van der Waals surface area contributed by atoms with Crippen molar-refractivity contribution in [3.63, 3.8) is 0 Å². The smallest absolute Gasteiger partial charge is 0.260 e. The van der Waals surface area contributed by atoms with Gasteiger partial charge in [0.2, 0.25) is 0 Å². The van der Waals surface area contributed by atoms with Crippen molar-refractivity contribution in [1.82, 2.24) is 19.5 Å². The number of hydrogen-bond acceptors (Lipinski definition) is 8. The normalized spacial score (nSPS) is 15.8. The van der Waals surface area contributed by atoms with Gasteiger partial charge in [0.1, 0.15) is 6.34 Å². The van der Waals surface area contributed by atoms with Crippen LogP contribution in [0.5, 0.6) is 0 Å². The molecule has 0 amide bonds. The lowest BCUT2D eigenvalue weighted by Gasteiger charge is -2.01. The predicted octanol–water partition coefficient (Wildman–Crippen LogP) is -0.151. The average molecular weight is 174 g/mol. The molecule has 0 atom stereocenters. The Morgan fingerprint density at radius 1 is 1.60 bits per heavy atom. The summed E-state index contributed by atoms with van der Waals surface area (Å²) < 4.78 is 8.02. The topological polar surface area (TPSA) is 66.3 Å². The summed E-state index contributed by atoms with van der Waals surface area (Å²) in [7, 11) is 0. The van der Waals surface area contributed by atoms with Crippen LogP contribution in [0.3, 0.4) is 0 Å². The standard InChI is InChI=1S/C2H2N6S2/c1-3-8(10-4-1)2-5-6-7-9-2/h1H,(H,3,4). The Balaban J connectivity index is 2.20. The van der Waals surface area contributed by atoms with Gasteiger partial charge in [-0.15, -0.1) is 5.10 Å². The molecular formula is C2H2N6S2. The number of nitrogens with one attached hydrogen (secondary N) is 1. The molecule has 1 N–H and O–H groups in total. The van der Waals surface area contributed by atoms with Gasteiger partial charge in [0, 0.05) is 11.5 Å². The van der Waals surface area contributed by atoms with Gasteiger partial charge in [-0.2, -0.15) is 4.41 Å². The lowest BCUT2D eigenvalue weighted by atomic mass is 11.2. The Kier molecular flexibility index (Phi) is 1.40. The van der Waals surface area contributed by atoms with Crippen LogP contribution in [0.25, 0.3) is 0 Å². The van der Waals surface area contributed by atoms with Gasteiger partial charge < -0.3 is 0 Å². The van der Waals surface area contributed by atoms with E-state index in [9.17, 15) is 0 Å². The highest BCUT2D eigenvalue weighted by Gasteiger charge is 2.12. The predicted molar refractivity (Wildman–Crippen MR) is 39.4 cm³/mol. The third-order valence-electron chi connectivity index (χ3n) is 0.807. The van der Waals surface area contributed by atoms with Crippen molar-refractivity contribution in [3.8, 4) is 0 Å². The molecule has 0 spiro atoms. The van der Waals surface area contributed by atoms with Crippen LogP contribution in [0, 0.1) is 0 Å². The zero-order valence-electron chi connectivity index (χ0n) is 4.63. The lowest BCUT2D eigenvalue weighted by molar-refractivity contribution is 0.947. The van der Waals surface area contributed by atoms with E-state index in [0.29, 0.717) is 5.13 Å². The maximum absolute atomic E-state index is 3.91. The number of aromatic nitrogens is 3. The molecule has 2 rings (SSSR count). The van der Waals surface area contributed by atoms with Crippen molar-refractivity contribution in [2.75, 3.05) is 4.41 Å². The van der Waals surface area contributed by atoms with Crippen molar-refractivity contribution in [2.45, 2.75) is 0 Å². The largest absolute Gasteiger partial charge is 0.300 e. The number of anilines is 1. The fraction of sp³-hybridized carbons (Fsp3) is 0. The van der Waals surface area contributed by atoms with E-state index in [2.05, 4.69) is 24.6 Å². The van der Waals surface area contributed by atoms with Crippen molar-refractivity contribution in [2.24, 2.45) is 5.10 Å². The van der Waals surface area contributed by atoms with Crippen molar-refractivity contribution in [3.05, 3.63) is 0 Å². The van der Waals surface area contributed by atoms with Crippen molar-refractivity contribution < 1.29 is 0 Å². The van der Waals surface area contributed by atoms with Crippen LogP contribution in [0.2, 0.25) is 0 Å². The molecule has 0 fully saturated rings. The van der Waals surface area contributed by atoms with E-state index in [4.69, 9.17) is 0 Å². The molecule has 6 nitrogen and oxygen atoms in total. The second-order valence-corrected chi connectivity index (χ2v) is 2.85. The Morgan fingerprint density at radius 2 is 2.60 bits per heavy atom. The molecule has 0 bridgehead atoms. The fourth-order valence-corrected chi connectivity index (χ4v) is 1.42. The molecular weight excluding hydrogens is 172 g/mol. The average Bonchev–Trinajstić information content (AvgIpc) is 2.59. The number of hydrogen-bond donors (Lipinski definition) is 1. The van der Waals surface area contributed by atoms with Crippen LogP contribution < -0.4 is 9.14 Å². The summed E-state index contributed by atoms with van der Waals surface area (Å²) in [6.45, 7) is 0. The first kappa shape index (κ1) is 5.86. The molecule has 0 aromatic carbocycles. The van der Waals surface area contributed by atoms with Gasteiger partial charge in [-0.05, 0) is 5.21 Å². The molecule has 0 unspecified atom stereocenters. The first-order chi connectivity index (χ1) is 4.97. The lowest BCUT2D eigenvalue weighted by Crippen LogP contribution is -2.02. The van der Waals surface area contributed by atoms with Crippen LogP contribution >= 0.6 is 23.7 Å². The fourth-order valence-electron chi connectivity index (χ4n) is 0.464. The molecule has 1 aromatic heterocycles. The highest BCUT2D eigenvalue weighted by Crippen LogP contribution is 2.22. The van der Waals surface area contributed by atoms with E-state index in [1.807, 2.05) is 0 Å². The van der Waals surface area contributed by atoms with E-state index < -0.39 is 0 Å². The first-order valence-corrected chi connectivity index (χ1v) is 3.91. The number of hydrazone groups is 1. The summed E-state index contributed by atoms with van der Waals surface area (Å²) in [5, 5.41) is 11.7. The van der Waals surface area contributed by atoms with Crippen LogP contribution in [-0.2, 0) is 0 Å². The zero-order valence-corrected chi connectivity index (χ0v) is 6.26. The van der Waals surface area contributed by atoms with E-state index in [1.165, 1.54) is 23.7 Å². The van der Waals surface area contributed by atoms with Crippen molar-refractivity contribution >= 4 is 35.1 Å². The van der Waals surface area contributed by atoms with Crippen LogP contribution in [0.4, 0.5) is 5.13 Å². The summed E-state index contributed by atoms with van der Waals surface area (Å²) in [6, 6.07) is 0. The maximum Gasteiger partial charge on any atom is 0.260 e. The quantitative estimate of drug-likeness (QED) is 0.597. The van der Waals surface area contributed by atoms with Gasteiger partial charge in [0.05, 0.1) is 12.1 Å². The second kappa shape index (κ2) is 2.39. The van der Waals surface area contributed by atoms with Gasteiger partial charge in [0.25, 0.3) is 5.13 Å². The molecule has 2 heterocycles. The van der Waals surface area contributed by atoms with Crippen LogP contribution in [0.1, 0.15) is 0 Å². The Hall–Kier alpha value is -0.890. The summed E-state index contributed by atoms with van der Waals surface area (Å²) in [5.41, 5.74) is 0. The Bertz CT molecular complexity index is 230. The minimum Gasteiger partial charge on any atom is -0.300 e. The summed E-state index contributed by atoms with van der Waals surface area (Å²) in [4.78, 5) is 0. The minimum absolute atomic E-state index is 0.672. The van der Waals surface area contributed by atoms with E-state index in [-0.39, 0.29) is 0 Å². The minimum atomic E-state index is 0.672. The van der Waals surface area contributed by atoms with E-state index in [0.717, 1.165) is 0 Å². The Labute approximate surface area is 64.7 Å². The van der Waals surface area contributed by atoms with E-state index >= 15 is 0 Å². The molecule has 0 radical (unpaired) electrons. The zero-order chi connectivity index (χ0) is 6.81. The van der Waals surface area contributed by atoms with Crippen molar-refractivity contribution in [1.29, 1.82) is 0 Å². The monoisotopic (exact) mass is 174 g/mol. The van der Waals surface area contributed by atoms with E-state index in [1.54, 1.807) is 10.8 Å². The van der Waals surface area contributed by atoms with Gasteiger partial charge in [0.15, 0.2) is 0 Å². The Morgan fingerprint density at radius 3 is 3.20 bits per heavy atom. The van der Waals surface area contributed by atoms with Gasteiger partial charge in [-0.1, -0.05) is 9.59 Å². The molecule has 0 aliphatic carbocycles. The maximum atomic E-state index is 3.91. The third kappa shape index (κ3) is 0.907. The highest BCUT2D eigenvalue weighted by atomic mass is 32.2. The number of nitrogens with zero attached hydrogens (tertiary/aromatic N) is 5. The molecule has 0 saturated carbocycles. The van der Waals surface area contributed by atoms with Gasteiger partial charge in [-0.3, -0.25) is 4.72 Å². The third-order valence-corrected chi connectivity index (χ3v) is 2.15. The summed E-state index contributed by atoms with van der Waals surface area (Å²) in [5.74, 6) is 0. The summed E-state index contributed by atoms with van der Waals surface area (Å²) in [6.07, 6.45) is 1.58. The second-order valence-electron chi connectivity index (χ2n) is 1.37.